The smallest absolute Gasteiger partial charge is 0.265 e. The maximum atomic E-state index is 12.4. The van der Waals surface area contributed by atoms with Gasteiger partial charge < -0.3 is 9.80 Å². The molecule has 1 heterocycles. The van der Waals surface area contributed by atoms with Crippen LogP contribution in [-0.2, 0) is 10.0 Å². The first kappa shape index (κ1) is 18.9. The first-order chi connectivity index (χ1) is 12.4. The molecule has 2 aromatic carbocycles. The third kappa shape index (κ3) is 4.25. The summed E-state index contributed by atoms with van der Waals surface area (Å²) in [5.74, 6) is -0.648. The van der Waals surface area contributed by atoms with Gasteiger partial charge in [-0.3, -0.25) is 4.79 Å². The van der Waals surface area contributed by atoms with Crippen LogP contribution in [0.25, 0.3) is 0 Å². The predicted octanol–water partition coefficient (Wildman–Crippen LogP) is 2.32. The zero-order valence-corrected chi connectivity index (χ0v) is 16.8. The van der Waals surface area contributed by atoms with E-state index in [9.17, 15) is 13.2 Å². The van der Waals surface area contributed by atoms with E-state index in [-0.39, 0.29) is 4.90 Å². The van der Waals surface area contributed by atoms with E-state index in [0.29, 0.717) is 10.0 Å². The summed E-state index contributed by atoms with van der Waals surface area (Å²) in [5, 5.41) is 0. The number of hydrogen-bond donors (Lipinski definition) is 1. The standard InChI is InChI=1S/C18H20BrN3O3S/c1-21-10-12-22(13-11-21)15-8-6-14(7-9-15)18(23)20-26(24,25)17-5-3-2-4-16(17)19/h2-9H,10-13H2,1H3,(H,20,23). The van der Waals surface area contributed by atoms with Gasteiger partial charge in [-0.2, -0.15) is 0 Å². The van der Waals surface area contributed by atoms with Gasteiger partial charge >= 0.3 is 0 Å². The van der Waals surface area contributed by atoms with Crippen molar-refractivity contribution in [2.45, 2.75) is 4.90 Å². The molecule has 0 aliphatic carbocycles. The number of halogens is 1. The number of benzene rings is 2. The van der Waals surface area contributed by atoms with Crippen LogP contribution >= 0.6 is 15.9 Å². The van der Waals surface area contributed by atoms with Crippen molar-refractivity contribution in [2.75, 3.05) is 38.1 Å². The minimum absolute atomic E-state index is 0.0300. The average molecular weight is 438 g/mol. The molecule has 0 unspecified atom stereocenters. The Morgan fingerprint density at radius 3 is 2.23 bits per heavy atom. The van der Waals surface area contributed by atoms with E-state index in [2.05, 4.69) is 37.5 Å². The third-order valence-electron chi connectivity index (χ3n) is 4.35. The van der Waals surface area contributed by atoms with Crippen molar-refractivity contribution in [3.05, 3.63) is 58.6 Å². The summed E-state index contributed by atoms with van der Waals surface area (Å²) < 4.78 is 27.3. The fourth-order valence-electron chi connectivity index (χ4n) is 2.79. The zero-order valence-electron chi connectivity index (χ0n) is 14.4. The summed E-state index contributed by atoms with van der Waals surface area (Å²) in [6.45, 7) is 3.84. The highest BCUT2D eigenvalue weighted by molar-refractivity contribution is 9.10. The van der Waals surface area contributed by atoms with Crippen LogP contribution in [0.3, 0.4) is 0 Å². The molecular weight excluding hydrogens is 418 g/mol. The highest BCUT2D eigenvalue weighted by Crippen LogP contribution is 2.22. The Balaban J connectivity index is 1.71. The molecule has 138 valence electrons. The summed E-state index contributed by atoms with van der Waals surface area (Å²) in [5.41, 5.74) is 1.34. The molecule has 0 saturated carbocycles. The van der Waals surface area contributed by atoms with E-state index in [1.807, 2.05) is 12.1 Å². The first-order valence-electron chi connectivity index (χ1n) is 8.22. The summed E-state index contributed by atoms with van der Waals surface area (Å²) in [6, 6.07) is 13.4. The molecule has 0 atom stereocenters. The number of likely N-dealkylation sites (N-methyl/N-ethyl adjacent to an activating group) is 1. The van der Waals surface area contributed by atoms with E-state index in [1.165, 1.54) is 6.07 Å². The van der Waals surface area contributed by atoms with Gasteiger partial charge in [-0.1, -0.05) is 12.1 Å². The summed E-state index contributed by atoms with van der Waals surface area (Å²) in [6.07, 6.45) is 0. The molecule has 1 aliphatic rings. The predicted molar refractivity (Wildman–Crippen MR) is 105 cm³/mol. The highest BCUT2D eigenvalue weighted by Gasteiger charge is 2.21. The van der Waals surface area contributed by atoms with E-state index in [0.717, 1.165) is 31.9 Å². The fourth-order valence-corrected chi connectivity index (χ4v) is 4.77. The van der Waals surface area contributed by atoms with Gasteiger partial charge in [0.1, 0.15) is 4.90 Å². The number of amides is 1. The maximum absolute atomic E-state index is 12.4. The number of hydrogen-bond acceptors (Lipinski definition) is 5. The lowest BCUT2D eigenvalue weighted by molar-refractivity contribution is 0.0981. The minimum Gasteiger partial charge on any atom is -0.369 e. The number of nitrogens with zero attached hydrogens (tertiary/aromatic N) is 2. The van der Waals surface area contributed by atoms with Crippen molar-refractivity contribution in [2.24, 2.45) is 0 Å². The van der Waals surface area contributed by atoms with Crippen molar-refractivity contribution in [1.29, 1.82) is 0 Å². The Morgan fingerprint density at radius 2 is 1.62 bits per heavy atom. The topological polar surface area (TPSA) is 69.7 Å². The van der Waals surface area contributed by atoms with Crippen molar-refractivity contribution in [1.82, 2.24) is 9.62 Å². The quantitative estimate of drug-likeness (QED) is 0.794. The van der Waals surface area contributed by atoms with Crippen molar-refractivity contribution < 1.29 is 13.2 Å². The van der Waals surface area contributed by atoms with Gasteiger partial charge in [0, 0.05) is 41.9 Å². The van der Waals surface area contributed by atoms with E-state index >= 15 is 0 Å². The molecule has 1 saturated heterocycles. The van der Waals surface area contributed by atoms with Gasteiger partial charge in [-0.15, -0.1) is 0 Å². The Morgan fingerprint density at radius 1 is 1.00 bits per heavy atom. The van der Waals surface area contributed by atoms with Crippen LogP contribution in [0.15, 0.2) is 57.9 Å². The summed E-state index contributed by atoms with van der Waals surface area (Å²) >= 11 is 3.20. The van der Waals surface area contributed by atoms with Crippen molar-refractivity contribution in [3.63, 3.8) is 0 Å². The van der Waals surface area contributed by atoms with Crippen LogP contribution in [-0.4, -0.2) is 52.5 Å². The Hall–Kier alpha value is -1.90. The largest absolute Gasteiger partial charge is 0.369 e. The van der Waals surface area contributed by atoms with Gasteiger partial charge in [0.05, 0.1) is 0 Å². The molecule has 26 heavy (non-hydrogen) atoms. The summed E-state index contributed by atoms with van der Waals surface area (Å²) in [7, 11) is -1.84. The fraction of sp³-hybridized carbons (Fsp3) is 0.278. The van der Waals surface area contributed by atoms with Gasteiger partial charge in [0.25, 0.3) is 15.9 Å². The molecule has 1 N–H and O–H groups in total. The Bertz CT molecular complexity index is 892. The molecule has 0 radical (unpaired) electrons. The molecule has 6 nitrogen and oxygen atoms in total. The number of piperazine rings is 1. The maximum Gasteiger partial charge on any atom is 0.265 e. The normalized spacial score (nSPS) is 15.7. The molecule has 0 spiro atoms. The Kier molecular flexibility index (Phi) is 5.64. The van der Waals surface area contributed by atoms with Crippen LogP contribution in [0.1, 0.15) is 10.4 Å². The zero-order chi connectivity index (χ0) is 18.7. The monoisotopic (exact) mass is 437 g/mol. The van der Waals surface area contributed by atoms with Gasteiger partial charge in [-0.25, -0.2) is 13.1 Å². The second-order valence-electron chi connectivity index (χ2n) is 6.20. The number of anilines is 1. The molecule has 1 amide bonds. The molecule has 0 aromatic heterocycles. The molecule has 0 bridgehead atoms. The van der Waals surface area contributed by atoms with E-state index < -0.39 is 15.9 Å². The lowest BCUT2D eigenvalue weighted by Crippen LogP contribution is -2.44. The van der Waals surface area contributed by atoms with Crippen LogP contribution < -0.4 is 9.62 Å². The average Bonchev–Trinajstić information content (AvgIpc) is 2.62. The lowest BCUT2D eigenvalue weighted by Gasteiger charge is -2.34. The lowest BCUT2D eigenvalue weighted by atomic mass is 10.1. The van der Waals surface area contributed by atoms with Crippen LogP contribution in [0, 0.1) is 0 Å². The van der Waals surface area contributed by atoms with Gasteiger partial charge in [0.2, 0.25) is 0 Å². The number of rotatable bonds is 4. The SMILES string of the molecule is CN1CCN(c2ccc(C(=O)NS(=O)(=O)c3ccccc3Br)cc2)CC1. The molecule has 1 aliphatic heterocycles. The molecule has 3 rings (SSSR count). The molecule has 2 aromatic rings. The second kappa shape index (κ2) is 7.77. The third-order valence-corrected chi connectivity index (χ3v) is 6.69. The minimum atomic E-state index is -3.94. The summed E-state index contributed by atoms with van der Waals surface area (Å²) in [4.78, 5) is 16.9. The Labute approximate surface area is 162 Å². The van der Waals surface area contributed by atoms with Crippen molar-refractivity contribution >= 4 is 37.5 Å². The van der Waals surface area contributed by atoms with Crippen LogP contribution in [0.2, 0.25) is 0 Å². The number of nitrogens with one attached hydrogen (secondary N) is 1. The van der Waals surface area contributed by atoms with Gasteiger partial charge in [-0.05, 0) is 59.4 Å². The second-order valence-corrected chi connectivity index (χ2v) is 8.71. The molecule has 1 fully saturated rings. The highest BCUT2D eigenvalue weighted by atomic mass is 79.9. The molecule has 8 heteroatoms. The molecular formula is C18H20BrN3O3S. The number of sulfonamides is 1. The van der Waals surface area contributed by atoms with Gasteiger partial charge in [0.15, 0.2) is 0 Å². The van der Waals surface area contributed by atoms with E-state index in [4.69, 9.17) is 0 Å². The van der Waals surface area contributed by atoms with E-state index in [1.54, 1.807) is 30.3 Å². The number of carbonyl (C=O) groups is 1. The first-order valence-corrected chi connectivity index (χ1v) is 10.5. The van der Waals surface area contributed by atoms with Crippen LogP contribution in [0.4, 0.5) is 5.69 Å². The van der Waals surface area contributed by atoms with Crippen LogP contribution in [0.5, 0.6) is 0 Å². The van der Waals surface area contributed by atoms with Crippen molar-refractivity contribution in [3.8, 4) is 0 Å². The number of carbonyl (C=O) groups excluding carboxylic acids is 1.